The van der Waals surface area contributed by atoms with Crippen LogP contribution in [0.25, 0.3) is 0 Å². The Bertz CT molecular complexity index is 1120. The maximum Gasteiger partial charge on any atom is 0.254 e. The molecule has 1 heterocycles. The maximum absolute atomic E-state index is 14.2. The van der Waals surface area contributed by atoms with Crippen molar-refractivity contribution in [3.05, 3.63) is 64.2 Å². The van der Waals surface area contributed by atoms with E-state index >= 15 is 0 Å². The van der Waals surface area contributed by atoms with Gasteiger partial charge in [0.25, 0.3) is 5.91 Å². The summed E-state index contributed by atoms with van der Waals surface area (Å²) in [5, 5.41) is -0.0102. The first-order valence-electron chi connectivity index (χ1n) is 10.4. The third kappa shape index (κ3) is 5.28. The molecule has 1 N–H and O–H groups in total. The molecule has 2 fully saturated rings. The third-order valence-corrected chi connectivity index (χ3v) is 7.50. The van der Waals surface area contributed by atoms with E-state index in [0.717, 1.165) is 37.8 Å². The van der Waals surface area contributed by atoms with Crippen LogP contribution in [-0.2, 0) is 21.3 Å². The predicted molar refractivity (Wildman–Crippen MR) is 115 cm³/mol. The largest absolute Gasteiger partial charge is 0.377 e. The fourth-order valence-electron chi connectivity index (χ4n) is 3.68. The highest BCUT2D eigenvalue weighted by molar-refractivity contribution is 7.89. The predicted octanol–water partition coefficient (Wildman–Crippen LogP) is 3.88. The van der Waals surface area contributed by atoms with Crippen molar-refractivity contribution in [2.45, 2.75) is 49.3 Å². The molecule has 2 aromatic rings. The van der Waals surface area contributed by atoms with Crippen molar-refractivity contribution in [2.24, 2.45) is 0 Å². The van der Waals surface area contributed by atoms with Crippen molar-refractivity contribution in [1.82, 2.24) is 9.62 Å². The molecule has 6 nitrogen and oxygen atoms in total. The molecule has 172 valence electrons. The maximum atomic E-state index is 14.2. The normalized spacial score (nSPS) is 18.7. The van der Waals surface area contributed by atoms with Gasteiger partial charge in [-0.1, -0.05) is 17.7 Å². The number of carbonyl (C=O) groups excluding carboxylic acids is 1. The molecule has 0 spiro atoms. The molecule has 32 heavy (non-hydrogen) atoms. The number of hydrogen-bond donors (Lipinski definition) is 1. The molecular weight excluding hydrogens is 462 g/mol. The molecular formula is C22H23ClF2N2O4S. The van der Waals surface area contributed by atoms with Crippen LogP contribution in [0.1, 0.15) is 41.6 Å². The average molecular weight is 485 g/mol. The summed E-state index contributed by atoms with van der Waals surface area (Å²) >= 11 is 6.14. The fraction of sp³-hybridized carbons (Fsp3) is 0.409. The van der Waals surface area contributed by atoms with E-state index in [9.17, 15) is 22.0 Å². The number of halogens is 3. The van der Waals surface area contributed by atoms with E-state index in [1.807, 2.05) is 0 Å². The number of amides is 1. The molecule has 4 rings (SSSR count). The van der Waals surface area contributed by atoms with Gasteiger partial charge < -0.3 is 9.64 Å². The highest BCUT2D eigenvalue weighted by Gasteiger charge is 2.34. The van der Waals surface area contributed by atoms with Crippen LogP contribution in [-0.4, -0.2) is 44.5 Å². The van der Waals surface area contributed by atoms with Gasteiger partial charge in [-0.15, -0.1) is 0 Å². The van der Waals surface area contributed by atoms with E-state index < -0.39 is 27.6 Å². The van der Waals surface area contributed by atoms with Gasteiger partial charge in [-0.2, -0.15) is 0 Å². The zero-order chi connectivity index (χ0) is 22.9. The Morgan fingerprint density at radius 1 is 1.16 bits per heavy atom. The Labute approximate surface area is 190 Å². The Morgan fingerprint density at radius 2 is 1.94 bits per heavy atom. The summed E-state index contributed by atoms with van der Waals surface area (Å²) < 4.78 is 60.9. The Kier molecular flexibility index (Phi) is 6.80. The number of benzene rings is 2. The van der Waals surface area contributed by atoms with Gasteiger partial charge in [-0.05, 0) is 49.9 Å². The number of nitrogens with one attached hydrogen (secondary N) is 1. The number of carbonyl (C=O) groups is 1. The first kappa shape index (κ1) is 23.1. The van der Waals surface area contributed by atoms with Crippen molar-refractivity contribution in [2.75, 3.05) is 13.2 Å². The number of nitrogens with zero attached hydrogens (tertiary/aromatic N) is 1. The molecule has 0 bridgehead atoms. The lowest BCUT2D eigenvalue weighted by atomic mass is 10.1. The summed E-state index contributed by atoms with van der Waals surface area (Å²) in [6.45, 7) is 0.676. The van der Waals surface area contributed by atoms with Gasteiger partial charge in [0, 0.05) is 42.9 Å². The first-order valence-corrected chi connectivity index (χ1v) is 12.3. The van der Waals surface area contributed by atoms with Gasteiger partial charge >= 0.3 is 0 Å². The summed E-state index contributed by atoms with van der Waals surface area (Å²) in [6, 6.07) is 7.18. The summed E-state index contributed by atoms with van der Waals surface area (Å²) in [5.74, 6) is -1.87. The van der Waals surface area contributed by atoms with Crippen molar-refractivity contribution in [3.63, 3.8) is 0 Å². The molecule has 1 unspecified atom stereocenters. The highest BCUT2D eigenvalue weighted by Crippen LogP contribution is 2.31. The zero-order valence-electron chi connectivity index (χ0n) is 17.2. The summed E-state index contributed by atoms with van der Waals surface area (Å²) in [4.78, 5) is 14.5. The van der Waals surface area contributed by atoms with Crippen LogP contribution in [0.15, 0.2) is 41.3 Å². The second kappa shape index (κ2) is 9.43. The Balaban J connectivity index is 1.55. The van der Waals surface area contributed by atoms with Crippen molar-refractivity contribution in [3.8, 4) is 0 Å². The van der Waals surface area contributed by atoms with Gasteiger partial charge in [-0.25, -0.2) is 21.9 Å². The molecule has 2 aromatic carbocycles. The van der Waals surface area contributed by atoms with E-state index in [4.69, 9.17) is 16.3 Å². The molecule has 1 aliphatic heterocycles. The monoisotopic (exact) mass is 484 g/mol. The molecule has 1 saturated heterocycles. The van der Waals surface area contributed by atoms with Crippen LogP contribution in [0.2, 0.25) is 5.02 Å². The van der Waals surface area contributed by atoms with Gasteiger partial charge in [0.05, 0.1) is 11.1 Å². The van der Waals surface area contributed by atoms with Gasteiger partial charge in [0.15, 0.2) is 0 Å². The van der Waals surface area contributed by atoms with Crippen LogP contribution in [0.3, 0.4) is 0 Å². The number of hydrogen-bond acceptors (Lipinski definition) is 4. The SMILES string of the molecule is O=C(c1ccc(Cl)c(S(=O)(=O)NCC2CCCO2)c1)N(Cc1ccc(F)cc1F)C1CC1. The van der Waals surface area contributed by atoms with E-state index in [1.54, 1.807) is 0 Å². The number of ether oxygens (including phenoxy) is 1. The number of sulfonamides is 1. The molecule has 1 aliphatic carbocycles. The van der Waals surface area contributed by atoms with E-state index in [1.165, 1.54) is 29.2 Å². The Hall–Kier alpha value is -2.07. The van der Waals surface area contributed by atoms with Crippen molar-refractivity contribution in [1.29, 1.82) is 0 Å². The summed E-state index contributed by atoms with van der Waals surface area (Å²) in [6.07, 6.45) is 2.98. The van der Waals surface area contributed by atoms with Gasteiger partial charge in [0.2, 0.25) is 10.0 Å². The summed E-state index contributed by atoms with van der Waals surface area (Å²) in [5.41, 5.74) is 0.313. The standard InChI is InChI=1S/C22H23ClF2N2O4S/c23-19-8-4-14(10-21(19)32(29,30)26-12-18-2-1-9-31-18)22(28)27(17-6-7-17)13-15-3-5-16(24)11-20(15)25/h3-5,8,10-11,17-18,26H,1-2,6-7,9,12-13H2. The smallest absolute Gasteiger partial charge is 0.254 e. The lowest BCUT2D eigenvalue weighted by molar-refractivity contribution is 0.0728. The third-order valence-electron chi connectivity index (χ3n) is 5.60. The van der Waals surface area contributed by atoms with Crippen LogP contribution < -0.4 is 4.72 Å². The molecule has 0 aromatic heterocycles. The Morgan fingerprint density at radius 3 is 2.59 bits per heavy atom. The topological polar surface area (TPSA) is 75.7 Å². The van der Waals surface area contributed by atoms with E-state index in [0.29, 0.717) is 6.61 Å². The quantitative estimate of drug-likeness (QED) is 0.617. The van der Waals surface area contributed by atoms with Gasteiger partial charge in [-0.3, -0.25) is 4.79 Å². The number of rotatable bonds is 8. The summed E-state index contributed by atoms with van der Waals surface area (Å²) in [7, 11) is -3.97. The van der Waals surface area contributed by atoms with E-state index in [-0.39, 0.29) is 46.3 Å². The lowest BCUT2D eigenvalue weighted by Crippen LogP contribution is -2.34. The van der Waals surface area contributed by atoms with Crippen LogP contribution >= 0.6 is 11.6 Å². The highest BCUT2D eigenvalue weighted by atomic mass is 35.5. The molecule has 1 saturated carbocycles. The van der Waals surface area contributed by atoms with Crippen LogP contribution in [0.5, 0.6) is 0 Å². The van der Waals surface area contributed by atoms with Crippen molar-refractivity contribution < 1.29 is 26.7 Å². The minimum absolute atomic E-state index is 0.0102. The minimum Gasteiger partial charge on any atom is -0.377 e. The zero-order valence-corrected chi connectivity index (χ0v) is 18.8. The van der Waals surface area contributed by atoms with Gasteiger partial charge in [0.1, 0.15) is 16.5 Å². The van der Waals surface area contributed by atoms with Crippen LogP contribution in [0.4, 0.5) is 8.78 Å². The molecule has 0 radical (unpaired) electrons. The second-order valence-electron chi connectivity index (χ2n) is 8.03. The van der Waals surface area contributed by atoms with Crippen LogP contribution in [0, 0.1) is 11.6 Å². The molecule has 10 heteroatoms. The fourth-order valence-corrected chi connectivity index (χ4v) is 5.27. The molecule has 2 aliphatic rings. The van der Waals surface area contributed by atoms with Crippen molar-refractivity contribution >= 4 is 27.5 Å². The first-order chi connectivity index (χ1) is 15.2. The average Bonchev–Trinajstić information content (AvgIpc) is 3.45. The molecule has 1 amide bonds. The second-order valence-corrected chi connectivity index (χ2v) is 10.2. The molecule has 1 atom stereocenters. The van der Waals surface area contributed by atoms with E-state index in [2.05, 4.69) is 4.72 Å². The lowest BCUT2D eigenvalue weighted by Gasteiger charge is -2.23. The minimum atomic E-state index is -3.97.